The third-order valence-electron chi connectivity index (χ3n) is 4.85. The predicted octanol–water partition coefficient (Wildman–Crippen LogP) is 0.664. The molecule has 27 heavy (non-hydrogen) atoms. The molecule has 1 aliphatic heterocycles. The van der Waals surface area contributed by atoms with E-state index in [0.29, 0.717) is 28.9 Å². The molecule has 0 spiro atoms. The molecule has 0 amide bonds. The molecule has 0 saturated carbocycles. The summed E-state index contributed by atoms with van der Waals surface area (Å²) in [5.41, 5.74) is 1.58. The molecule has 4 rings (SSSR count). The van der Waals surface area contributed by atoms with Crippen molar-refractivity contribution in [3.63, 3.8) is 0 Å². The summed E-state index contributed by atoms with van der Waals surface area (Å²) in [6.45, 7) is 9.07. The number of ether oxygens (including phenoxy) is 1. The van der Waals surface area contributed by atoms with Crippen LogP contribution in [-0.2, 0) is 11.3 Å². The van der Waals surface area contributed by atoms with E-state index in [9.17, 15) is 4.79 Å². The van der Waals surface area contributed by atoms with E-state index in [1.54, 1.807) is 18.2 Å². The lowest BCUT2D eigenvalue weighted by Crippen LogP contribution is -2.51. The minimum absolute atomic E-state index is 0.131. The fraction of sp³-hybridized carbons (Fsp3) is 0.474. The van der Waals surface area contributed by atoms with Crippen molar-refractivity contribution >= 4 is 35.4 Å². The van der Waals surface area contributed by atoms with Crippen LogP contribution < -0.4 is 16.3 Å². The summed E-state index contributed by atoms with van der Waals surface area (Å²) in [6, 6.07) is 5.29. The van der Waals surface area contributed by atoms with Crippen molar-refractivity contribution in [2.45, 2.75) is 25.9 Å². The van der Waals surface area contributed by atoms with E-state index in [1.165, 1.54) is 0 Å². The maximum Gasteiger partial charge on any atom is 0.294 e. The topological polar surface area (TPSA) is 83.4 Å². The number of morpholine rings is 1. The van der Waals surface area contributed by atoms with Gasteiger partial charge in [-0.15, -0.1) is 0 Å². The molecule has 0 atom stereocenters. The summed E-state index contributed by atoms with van der Waals surface area (Å²) >= 11 is 0. The first-order valence-corrected chi connectivity index (χ1v) is 9.17. The van der Waals surface area contributed by atoms with Crippen LogP contribution in [-0.4, -0.2) is 61.1 Å². The van der Waals surface area contributed by atoms with Gasteiger partial charge in [0, 0.05) is 30.6 Å². The average Bonchev–Trinajstić information content (AvgIpc) is 2.99. The van der Waals surface area contributed by atoms with Crippen molar-refractivity contribution in [1.82, 2.24) is 20.2 Å². The maximum atomic E-state index is 12.4. The van der Waals surface area contributed by atoms with Gasteiger partial charge < -0.3 is 19.5 Å². The molecule has 1 aliphatic rings. The van der Waals surface area contributed by atoms with Crippen LogP contribution in [0.15, 0.2) is 27.4 Å². The zero-order chi connectivity index (χ0) is 19.0. The second-order valence-corrected chi connectivity index (χ2v) is 7.67. The van der Waals surface area contributed by atoms with Crippen LogP contribution in [0.3, 0.4) is 0 Å². The van der Waals surface area contributed by atoms with Crippen molar-refractivity contribution in [3.8, 4) is 0 Å². The number of hydrogen-bond acceptors (Lipinski definition) is 6. The number of nitrogens with zero attached hydrogens (tertiary/aromatic N) is 2. The normalized spacial score (nSPS) is 16.4. The van der Waals surface area contributed by atoms with Gasteiger partial charge in [0.05, 0.1) is 19.8 Å². The van der Waals surface area contributed by atoms with Gasteiger partial charge in [-0.2, -0.15) is 0 Å². The van der Waals surface area contributed by atoms with E-state index in [-0.39, 0.29) is 16.7 Å². The monoisotopic (exact) mass is 366 g/mol. The van der Waals surface area contributed by atoms with Gasteiger partial charge in [0.2, 0.25) is 5.58 Å². The minimum atomic E-state index is -0.280. The van der Waals surface area contributed by atoms with Gasteiger partial charge in [0.25, 0.3) is 5.56 Å². The van der Waals surface area contributed by atoms with E-state index >= 15 is 0 Å². The first kappa shape index (κ1) is 18.2. The molecule has 7 nitrogen and oxygen atoms in total. The molecule has 140 valence electrons. The number of rotatable bonds is 5. The second kappa shape index (κ2) is 7.11. The predicted molar refractivity (Wildman–Crippen MR) is 106 cm³/mol. The Bertz CT molecular complexity index is 1020. The summed E-state index contributed by atoms with van der Waals surface area (Å²) in [4.78, 5) is 22.2. The molecule has 3 aromatic rings. The van der Waals surface area contributed by atoms with Crippen LogP contribution >= 0.6 is 0 Å². The van der Waals surface area contributed by atoms with Crippen molar-refractivity contribution in [2.75, 3.05) is 32.8 Å². The highest BCUT2D eigenvalue weighted by molar-refractivity contribution is 6.33. The molecule has 1 fully saturated rings. The Kier molecular flexibility index (Phi) is 4.80. The third-order valence-corrected chi connectivity index (χ3v) is 4.85. The van der Waals surface area contributed by atoms with E-state index in [2.05, 4.69) is 34.0 Å². The number of hydrogen-bond donors (Lipinski definition) is 2. The maximum absolute atomic E-state index is 12.4. The Balaban J connectivity index is 1.55. The number of nitrogens with one attached hydrogen (secondary N) is 2. The van der Waals surface area contributed by atoms with E-state index in [4.69, 9.17) is 17.0 Å². The van der Waals surface area contributed by atoms with Crippen molar-refractivity contribution in [2.24, 2.45) is 0 Å². The number of fused-ring (bicyclic) bond motifs is 3. The average molecular weight is 366 g/mol. The van der Waals surface area contributed by atoms with Gasteiger partial charge in [-0.25, -0.2) is 4.98 Å². The van der Waals surface area contributed by atoms with Crippen LogP contribution in [0.25, 0.3) is 22.1 Å². The molecule has 1 saturated heterocycles. The number of H-pyrrole nitrogens is 1. The number of aromatic nitrogens is 2. The van der Waals surface area contributed by atoms with Gasteiger partial charge in [0.1, 0.15) is 24.8 Å². The van der Waals surface area contributed by atoms with Gasteiger partial charge in [0.15, 0.2) is 0 Å². The van der Waals surface area contributed by atoms with Gasteiger partial charge in [-0.05, 0) is 19.9 Å². The Labute approximate surface area is 158 Å². The smallest absolute Gasteiger partial charge is 0.294 e. The Hall–Kier alpha value is -2.16. The zero-order valence-corrected chi connectivity index (χ0v) is 15.7. The van der Waals surface area contributed by atoms with Gasteiger partial charge in [-0.3, -0.25) is 9.69 Å². The van der Waals surface area contributed by atoms with Gasteiger partial charge in [-0.1, -0.05) is 17.6 Å². The highest BCUT2D eigenvalue weighted by Crippen LogP contribution is 2.23. The fourth-order valence-electron chi connectivity index (χ4n) is 3.50. The van der Waals surface area contributed by atoms with E-state index in [0.717, 1.165) is 38.2 Å². The first-order valence-electron chi connectivity index (χ1n) is 9.17. The SMILES string of the molecule is [B]c1ccc2oc3c(=O)[nH]c(CNC(C)(C)CN4CCOCC4)nc3c2c1. The molecule has 2 radical (unpaired) electrons. The summed E-state index contributed by atoms with van der Waals surface area (Å²) in [5.74, 6) is 0.577. The Morgan fingerprint density at radius 1 is 1.33 bits per heavy atom. The molecular formula is C19H23BN4O3. The van der Waals surface area contributed by atoms with Crippen LogP contribution in [0.4, 0.5) is 0 Å². The number of furan rings is 1. The zero-order valence-electron chi connectivity index (χ0n) is 15.7. The Morgan fingerprint density at radius 2 is 2.11 bits per heavy atom. The van der Waals surface area contributed by atoms with E-state index in [1.807, 2.05) is 0 Å². The van der Waals surface area contributed by atoms with Crippen LogP contribution in [0.1, 0.15) is 19.7 Å². The number of aromatic amines is 1. The van der Waals surface area contributed by atoms with Crippen molar-refractivity contribution in [3.05, 3.63) is 34.4 Å². The molecule has 1 aromatic carbocycles. The quantitative estimate of drug-likeness (QED) is 0.646. The lowest BCUT2D eigenvalue weighted by atomic mass is 9.95. The second-order valence-electron chi connectivity index (χ2n) is 7.67. The number of benzene rings is 1. The largest absolute Gasteiger partial charge is 0.449 e. The van der Waals surface area contributed by atoms with Crippen LogP contribution in [0, 0.1) is 0 Å². The first-order chi connectivity index (χ1) is 12.9. The molecule has 3 heterocycles. The molecule has 2 N–H and O–H groups in total. The van der Waals surface area contributed by atoms with Crippen molar-refractivity contribution in [1.29, 1.82) is 0 Å². The lowest BCUT2D eigenvalue weighted by Gasteiger charge is -2.35. The van der Waals surface area contributed by atoms with E-state index < -0.39 is 0 Å². The fourth-order valence-corrected chi connectivity index (χ4v) is 3.50. The molecule has 0 aliphatic carbocycles. The highest BCUT2D eigenvalue weighted by atomic mass is 16.5. The molecule has 0 unspecified atom stereocenters. The molecular weight excluding hydrogens is 343 g/mol. The minimum Gasteiger partial charge on any atom is -0.449 e. The summed E-state index contributed by atoms with van der Waals surface area (Å²) in [7, 11) is 5.87. The summed E-state index contributed by atoms with van der Waals surface area (Å²) in [5, 5.41) is 4.25. The Morgan fingerprint density at radius 3 is 2.89 bits per heavy atom. The summed E-state index contributed by atoms with van der Waals surface area (Å²) in [6.07, 6.45) is 0. The standard InChI is InChI=1S/C19H23BN4O3/c1-19(2,11-24-5-7-26-8-6-24)21-10-15-22-16-13-9-12(20)3-4-14(13)27-17(16)18(25)23-15/h3-4,9,21H,5-8,10-11H2,1-2H3,(H,22,23,25). The lowest BCUT2D eigenvalue weighted by molar-refractivity contribution is 0.0268. The summed E-state index contributed by atoms with van der Waals surface area (Å²) < 4.78 is 11.0. The van der Waals surface area contributed by atoms with Crippen LogP contribution in [0.5, 0.6) is 0 Å². The highest BCUT2D eigenvalue weighted by Gasteiger charge is 2.23. The van der Waals surface area contributed by atoms with Crippen LogP contribution in [0.2, 0.25) is 0 Å². The third kappa shape index (κ3) is 3.92. The van der Waals surface area contributed by atoms with Crippen molar-refractivity contribution < 1.29 is 9.15 Å². The molecule has 8 heteroatoms. The molecule has 0 bridgehead atoms. The molecule has 2 aromatic heterocycles. The van der Waals surface area contributed by atoms with Gasteiger partial charge >= 0.3 is 0 Å².